The second-order valence-electron chi connectivity index (χ2n) is 3.89. The van der Waals surface area contributed by atoms with E-state index in [9.17, 15) is 0 Å². The van der Waals surface area contributed by atoms with Crippen molar-refractivity contribution in [3.05, 3.63) is 29.8 Å². The first-order valence-electron chi connectivity index (χ1n) is 6.02. The number of unbranched alkanes of at least 4 members (excludes halogenated alkanes) is 1. The number of anilines is 1. The molecule has 0 bridgehead atoms. The van der Waals surface area contributed by atoms with E-state index in [4.69, 9.17) is 16.3 Å². The zero-order valence-electron chi connectivity index (χ0n) is 10.4. The molecule has 1 rings (SSSR count). The Morgan fingerprint density at radius 1 is 1.29 bits per heavy atom. The monoisotopic (exact) mass is 235 g/mol. The summed E-state index contributed by atoms with van der Waals surface area (Å²) >= 11 is 0. The molecule has 0 spiro atoms. The Kier molecular flexibility index (Phi) is 6.10. The van der Waals surface area contributed by atoms with Crippen molar-refractivity contribution in [2.45, 2.75) is 26.2 Å². The molecule has 1 aromatic carbocycles. The summed E-state index contributed by atoms with van der Waals surface area (Å²) in [6.45, 7) is 3.08. The van der Waals surface area contributed by atoms with E-state index >= 15 is 0 Å². The molecule has 0 atom stereocenters. The Hall–Kier alpha value is -1.55. The van der Waals surface area contributed by atoms with Crippen molar-refractivity contribution in [3.8, 4) is 0 Å². The largest absolute Gasteiger partial charge is 0.399 e. The van der Waals surface area contributed by atoms with Crippen LogP contribution in [0.4, 0.5) is 5.69 Å². The third kappa shape index (κ3) is 4.87. The van der Waals surface area contributed by atoms with Crippen molar-refractivity contribution in [2.75, 3.05) is 18.9 Å². The quantitative estimate of drug-likeness (QED) is 0.329. The normalized spacial score (nSPS) is 11.5. The van der Waals surface area contributed by atoms with Crippen molar-refractivity contribution >= 4 is 11.4 Å². The first-order chi connectivity index (χ1) is 8.27. The van der Waals surface area contributed by atoms with Crippen LogP contribution in [0.15, 0.2) is 29.4 Å². The molecule has 4 nitrogen and oxygen atoms in total. The van der Waals surface area contributed by atoms with Crippen LogP contribution in [0.5, 0.6) is 0 Å². The Labute approximate surface area is 103 Å². The SMILES string of the molecule is CCCCC(=NOCCN)c1ccc(N)cc1. The molecule has 1 aromatic rings. The maximum absolute atomic E-state index is 5.66. The lowest BCUT2D eigenvalue weighted by atomic mass is 10.0. The molecule has 0 heterocycles. The minimum Gasteiger partial charge on any atom is -0.399 e. The van der Waals surface area contributed by atoms with Gasteiger partial charge in [0.25, 0.3) is 0 Å². The van der Waals surface area contributed by atoms with Gasteiger partial charge in [-0.2, -0.15) is 0 Å². The highest BCUT2D eigenvalue weighted by Crippen LogP contribution is 2.11. The van der Waals surface area contributed by atoms with E-state index in [1.807, 2.05) is 24.3 Å². The van der Waals surface area contributed by atoms with Crippen molar-refractivity contribution in [1.82, 2.24) is 0 Å². The fourth-order valence-electron chi connectivity index (χ4n) is 1.44. The maximum Gasteiger partial charge on any atom is 0.129 e. The van der Waals surface area contributed by atoms with Crippen LogP contribution < -0.4 is 11.5 Å². The number of rotatable bonds is 7. The van der Waals surface area contributed by atoms with Crippen LogP contribution in [0.1, 0.15) is 31.7 Å². The van der Waals surface area contributed by atoms with E-state index in [-0.39, 0.29) is 0 Å². The van der Waals surface area contributed by atoms with E-state index < -0.39 is 0 Å². The summed E-state index contributed by atoms with van der Waals surface area (Å²) in [5.41, 5.74) is 13.8. The van der Waals surface area contributed by atoms with Crippen LogP contribution in [-0.2, 0) is 4.84 Å². The van der Waals surface area contributed by atoms with Gasteiger partial charge in [0.15, 0.2) is 0 Å². The van der Waals surface area contributed by atoms with Crippen molar-refractivity contribution < 1.29 is 4.84 Å². The van der Waals surface area contributed by atoms with E-state index in [2.05, 4.69) is 12.1 Å². The molecule has 0 aromatic heterocycles. The molecule has 0 fully saturated rings. The van der Waals surface area contributed by atoms with Gasteiger partial charge in [-0.3, -0.25) is 0 Å². The first-order valence-corrected chi connectivity index (χ1v) is 6.02. The van der Waals surface area contributed by atoms with E-state index in [0.29, 0.717) is 13.2 Å². The van der Waals surface area contributed by atoms with Crippen LogP contribution >= 0.6 is 0 Å². The Morgan fingerprint density at radius 2 is 2.00 bits per heavy atom. The third-order valence-electron chi connectivity index (χ3n) is 2.39. The minimum absolute atomic E-state index is 0.449. The van der Waals surface area contributed by atoms with Gasteiger partial charge in [-0.25, -0.2) is 0 Å². The second-order valence-corrected chi connectivity index (χ2v) is 3.89. The number of nitrogen functional groups attached to an aromatic ring is 1. The van der Waals surface area contributed by atoms with Crippen LogP contribution in [0, 0.1) is 0 Å². The summed E-state index contributed by atoms with van der Waals surface area (Å²) in [5, 5.41) is 4.15. The number of oxime groups is 1. The average Bonchev–Trinajstić information content (AvgIpc) is 2.35. The predicted molar refractivity (Wildman–Crippen MR) is 71.9 cm³/mol. The zero-order valence-corrected chi connectivity index (χ0v) is 10.4. The smallest absolute Gasteiger partial charge is 0.129 e. The standard InChI is InChI=1S/C13H21N3O/c1-2-3-4-13(16-17-10-9-14)11-5-7-12(15)8-6-11/h5-8H,2-4,9-10,14-15H2,1H3. The van der Waals surface area contributed by atoms with Gasteiger partial charge in [-0.15, -0.1) is 0 Å². The van der Waals surface area contributed by atoms with Crippen molar-refractivity contribution in [2.24, 2.45) is 10.9 Å². The highest BCUT2D eigenvalue weighted by molar-refractivity contribution is 6.00. The van der Waals surface area contributed by atoms with Gasteiger partial charge in [0, 0.05) is 12.2 Å². The minimum atomic E-state index is 0.449. The summed E-state index contributed by atoms with van der Waals surface area (Å²) in [4.78, 5) is 5.16. The van der Waals surface area contributed by atoms with Crippen molar-refractivity contribution in [3.63, 3.8) is 0 Å². The molecular formula is C13H21N3O. The summed E-state index contributed by atoms with van der Waals surface area (Å²) in [7, 11) is 0. The number of benzene rings is 1. The highest BCUT2D eigenvalue weighted by Gasteiger charge is 2.04. The fourth-order valence-corrected chi connectivity index (χ4v) is 1.44. The van der Waals surface area contributed by atoms with Gasteiger partial charge in [0.1, 0.15) is 6.61 Å². The summed E-state index contributed by atoms with van der Waals surface area (Å²) in [6, 6.07) is 7.69. The van der Waals surface area contributed by atoms with Crippen LogP contribution in [0.2, 0.25) is 0 Å². The molecule has 94 valence electrons. The van der Waals surface area contributed by atoms with Gasteiger partial charge in [0.05, 0.1) is 5.71 Å². The topological polar surface area (TPSA) is 73.6 Å². The number of hydrogen-bond donors (Lipinski definition) is 2. The number of hydrogen-bond acceptors (Lipinski definition) is 4. The summed E-state index contributed by atoms with van der Waals surface area (Å²) in [5.74, 6) is 0. The molecule has 0 aliphatic carbocycles. The zero-order chi connectivity index (χ0) is 12.5. The summed E-state index contributed by atoms with van der Waals surface area (Å²) < 4.78 is 0. The predicted octanol–water partition coefficient (Wildman–Crippen LogP) is 2.14. The van der Waals surface area contributed by atoms with Gasteiger partial charge in [-0.1, -0.05) is 30.6 Å². The Morgan fingerprint density at radius 3 is 2.59 bits per heavy atom. The molecular weight excluding hydrogens is 214 g/mol. The molecule has 0 aliphatic rings. The Bertz CT molecular complexity index is 346. The maximum atomic E-state index is 5.66. The van der Waals surface area contributed by atoms with Gasteiger partial charge in [-0.05, 0) is 30.5 Å². The lowest BCUT2D eigenvalue weighted by Gasteiger charge is -2.06. The number of nitrogens with two attached hydrogens (primary N) is 2. The lowest BCUT2D eigenvalue weighted by molar-refractivity contribution is 0.152. The van der Waals surface area contributed by atoms with Crippen molar-refractivity contribution in [1.29, 1.82) is 0 Å². The van der Waals surface area contributed by atoms with E-state index in [0.717, 1.165) is 36.2 Å². The molecule has 0 unspecified atom stereocenters. The molecule has 0 saturated heterocycles. The highest BCUT2D eigenvalue weighted by atomic mass is 16.6. The molecule has 4 N–H and O–H groups in total. The van der Waals surface area contributed by atoms with Crippen LogP contribution in [0.25, 0.3) is 0 Å². The first kappa shape index (κ1) is 13.5. The second kappa shape index (κ2) is 7.68. The molecule has 0 saturated carbocycles. The van der Waals surface area contributed by atoms with Gasteiger partial charge < -0.3 is 16.3 Å². The fraction of sp³-hybridized carbons (Fsp3) is 0.462. The van der Waals surface area contributed by atoms with Crippen LogP contribution in [-0.4, -0.2) is 18.9 Å². The van der Waals surface area contributed by atoms with Crippen LogP contribution in [0.3, 0.4) is 0 Å². The molecule has 0 radical (unpaired) electrons. The summed E-state index contributed by atoms with van der Waals surface area (Å²) in [6.07, 6.45) is 3.13. The molecule has 0 amide bonds. The lowest BCUT2D eigenvalue weighted by Crippen LogP contribution is -2.08. The molecule has 0 aliphatic heterocycles. The van der Waals surface area contributed by atoms with E-state index in [1.165, 1.54) is 0 Å². The molecule has 4 heteroatoms. The molecule has 17 heavy (non-hydrogen) atoms. The third-order valence-corrected chi connectivity index (χ3v) is 2.39. The van der Waals surface area contributed by atoms with E-state index in [1.54, 1.807) is 0 Å². The number of nitrogens with zero attached hydrogens (tertiary/aromatic N) is 1. The average molecular weight is 235 g/mol. The van der Waals surface area contributed by atoms with Gasteiger partial charge >= 0.3 is 0 Å². The Balaban J connectivity index is 2.74. The van der Waals surface area contributed by atoms with Gasteiger partial charge in [0.2, 0.25) is 0 Å².